The van der Waals surface area contributed by atoms with E-state index >= 15 is 0 Å². The van der Waals surface area contributed by atoms with Crippen LogP contribution in [0, 0.1) is 17.8 Å². The molecule has 1 aromatic rings. The summed E-state index contributed by atoms with van der Waals surface area (Å²) in [5.74, 6) is -2.57. The van der Waals surface area contributed by atoms with E-state index in [0.29, 0.717) is 51.5 Å². The minimum atomic E-state index is -2.78. The molecule has 1 spiro atoms. The van der Waals surface area contributed by atoms with E-state index in [1.807, 2.05) is 42.2 Å². The van der Waals surface area contributed by atoms with Gasteiger partial charge in [0.15, 0.2) is 0 Å². The molecule has 3 heterocycles. The number of piperidine rings is 1. The van der Waals surface area contributed by atoms with E-state index in [4.69, 9.17) is 9.47 Å². The summed E-state index contributed by atoms with van der Waals surface area (Å²) < 4.78 is 38.4. The van der Waals surface area contributed by atoms with Gasteiger partial charge in [0.2, 0.25) is 11.8 Å². The standard InChI is InChI=1S/C35H54F2N4O4/c1-4-10-28(14-16-34(3,36)37)32(42)38-30(27-11-7-6-8-12-27)15-18-39-17-9-13-29-19-35(20-31(29)39)24-40(33(43)41(35)5-2)21-26-22-44-25-45-23-26/h6-8,11-12,26,28-31H,4-5,9-10,13-25H2,1-3H3,(H,38,42)/t28?,29?,30-,31?,35?/m0/s1. The van der Waals surface area contributed by atoms with Gasteiger partial charge in [-0.05, 0) is 76.8 Å². The largest absolute Gasteiger partial charge is 0.355 e. The van der Waals surface area contributed by atoms with Gasteiger partial charge in [0.05, 0.1) is 24.8 Å². The summed E-state index contributed by atoms with van der Waals surface area (Å²) in [5, 5.41) is 3.28. The van der Waals surface area contributed by atoms with E-state index < -0.39 is 11.8 Å². The number of alkyl halides is 2. The van der Waals surface area contributed by atoms with Crippen LogP contribution in [0.3, 0.4) is 0 Å². The summed E-state index contributed by atoms with van der Waals surface area (Å²) in [6.07, 6.45) is 6.34. The number of likely N-dealkylation sites (N-methyl/N-ethyl adjacent to an activating group) is 1. The first-order valence-electron chi connectivity index (χ1n) is 17.3. The minimum absolute atomic E-state index is 0.122. The van der Waals surface area contributed by atoms with Crippen LogP contribution in [0.1, 0.15) is 90.2 Å². The Labute approximate surface area is 268 Å². The maximum atomic E-state index is 13.7. The smallest absolute Gasteiger partial charge is 0.320 e. The normalized spacial score (nSPS) is 27.6. The number of rotatable bonds is 14. The molecule has 0 radical (unpaired) electrons. The van der Waals surface area contributed by atoms with Gasteiger partial charge in [-0.15, -0.1) is 0 Å². The van der Waals surface area contributed by atoms with Gasteiger partial charge in [0.1, 0.15) is 6.79 Å². The highest BCUT2D eigenvalue weighted by Crippen LogP contribution is 2.49. The van der Waals surface area contributed by atoms with E-state index in [9.17, 15) is 18.4 Å². The van der Waals surface area contributed by atoms with Crippen molar-refractivity contribution in [1.29, 1.82) is 0 Å². The molecular weight excluding hydrogens is 578 g/mol. The second-order valence-electron chi connectivity index (χ2n) is 14.1. The number of nitrogens with one attached hydrogen (secondary N) is 1. The summed E-state index contributed by atoms with van der Waals surface area (Å²) in [6, 6.07) is 10.4. The van der Waals surface area contributed by atoms with Crippen LogP contribution < -0.4 is 5.32 Å². The lowest BCUT2D eigenvalue weighted by Crippen LogP contribution is -2.47. The van der Waals surface area contributed by atoms with Crippen LogP contribution in [-0.4, -0.2) is 96.9 Å². The predicted molar refractivity (Wildman–Crippen MR) is 170 cm³/mol. The Morgan fingerprint density at radius 1 is 1.11 bits per heavy atom. The number of hydrogen-bond donors (Lipinski definition) is 1. The second-order valence-corrected chi connectivity index (χ2v) is 14.1. The van der Waals surface area contributed by atoms with Crippen molar-refractivity contribution in [3.63, 3.8) is 0 Å². The molecule has 1 aromatic carbocycles. The number of carbonyl (C=O) groups excluding carboxylic acids is 2. The molecular formula is C35H54F2N4O4. The molecule has 5 rings (SSSR count). The Morgan fingerprint density at radius 3 is 2.56 bits per heavy atom. The summed E-state index contributed by atoms with van der Waals surface area (Å²) in [5.41, 5.74) is 0.894. The number of carbonyl (C=O) groups is 2. The molecule has 4 aliphatic rings. The number of amides is 3. The van der Waals surface area contributed by atoms with Crippen LogP contribution >= 0.6 is 0 Å². The Bertz CT molecular complexity index is 1110. The number of nitrogens with zero attached hydrogens (tertiary/aromatic N) is 3. The lowest BCUT2D eigenvalue weighted by molar-refractivity contribution is -0.128. The van der Waals surface area contributed by atoms with E-state index in [1.165, 1.54) is 6.42 Å². The third-order valence-electron chi connectivity index (χ3n) is 10.7. The van der Waals surface area contributed by atoms with E-state index in [1.54, 1.807) is 0 Å². The van der Waals surface area contributed by atoms with Crippen molar-refractivity contribution in [3.05, 3.63) is 35.9 Å². The first kappa shape index (κ1) is 34.0. The van der Waals surface area contributed by atoms with Gasteiger partial charge in [-0.3, -0.25) is 9.69 Å². The fourth-order valence-corrected chi connectivity index (χ4v) is 8.56. The average molecular weight is 633 g/mol. The Morgan fingerprint density at radius 2 is 1.87 bits per heavy atom. The van der Waals surface area contributed by atoms with E-state index in [-0.39, 0.29) is 42.3 Å². The van der Waals surface area contributed by atoms with E-state index in [0.717, 1.165) is 64.2 Å². The molecule has 0 aromatic heterocycles. The highest BCUT2D eigenvalue weighted by Gasteiger charge is 2.57. The highest BCUT2D eigenvalue weighted by molar-refractivity contribution is 5.79. The molecule has 0 bridgehead atoms. The molecule has 4 unspecified atom stereocenters. The molecule has 45 heavy (non-hydrogen) atoms. The molecule has 4 fully saturated rings. The van der Waals surface area contributed by atoms with Crippen LogP contribution in [0.5, 0.6) is 0 Å². The summed E-state index contributed by atoms with van der Waals surface area (Å²) in [4.78, 5) is 33.9. The zero-order valence-corrected chi connectivity index (χ0v) is 27.5. The SMILES string of the molecule is CCCC(CCC(C)(F)F)C(=O)N[C@@H](CCN1CCCC2CC3(CC21)CN(CC1COCOC1)C(=O)N3CC)c1ccccc1. The van der Waals surface area contributed by atoms with Gasteiger partial charge in [-0.2, -0.15) is 0 Å². The quantitative estimate of drug-likeness (QED) is 0.269. The maximum absolute atomic E-state index is 13.7. The van der Waals surface area contributed by atoms with Gasteiger partial charge >= 0.3 is 6.03 Å². The summed E-state index contributed by atoms with van der Waals surface area (Å²) >= 11 is 0. The van der Waals surface area contributed by atoms with Crippen molar-refractivity contribution < 1.29 is 27.8 Å². The number of hydrogen-bond acceptors (Lipinski definition) is 5. The molecule has 252 valence electrons. The van der Waals surface area contributed by atoms with Crippen molar-refractivity contribution in [1.82, 2.24) is 20.0 Å². The van der Waals surface area contributed by atoms with Crippen molar-refractivity contribution >= 4 is 11.9 Å². The van der Waals surface area contributed by atoms with Gasteiger partial charge in [0, 0.05) is 50.5 Å². The van der Waals surface area contributed by atoms with Crippen LogP contribution in [-0.2, 0) is 14.3 Å². The molecule has 3 aliphatic heterocycles. The molecule has 3 amide bonds. The topological polar surface area (TPSA) is 74.4 Å². The Hall–Kier alpha value is -2.30. The first-order valence-corrected chi connectivity index (χ1v) is 17.3. The van der Waals surface area contributed by atoms with Crippen LogP contribution in [0.15, 0.2) is 30.3 Å². The van der Waals surface area contributed by atoms with Crippen LogP contribution in [0.25, 0.3) is 0 Å². The van der Waals surface area contributed by atoms with Crippen molar-refractivity contribution in [2.75, 3.05) is 52.7 Å². The molecule has 10 heteroatoms. The number of halogens is 2. The zero-order valence-electron chi connectivity index (χ0n) is 27.5. The molecule has 1 saturated carbocycles. The van der Waals surface area contributed by atoms with Gasteiger partial charge in [-0.25, -0.2) is 13.6 Å². The Balaban J connectivity index is 1.25. The number of ether oxygens (including phenoxy) is 2. The zero-order chi connectivity index (χ0) is 32.0. The number of urea groups is 1. The highest BCUT2D eigenvalue weighted by atomic mass is 19.3. The second kappa shape index (κ2) is 15.1. The molecule has 3 saturated heterocycles. The maximum Gasteiger partial charge on any atom is 0.320 e. The molecule has 1 aliphatic carbocycles. The third kappa shape index (κ3) is 8.35. The van der Waals surface area contributed by atoms with Gasteiger partial charge in [0.25, 0.3) is 0 Å². The number of fused-ring (bicyclic) bond motifs is 1. The van der Waals surface area contributed by atoms with Crippen molar-refractivity contribution in [3.8, 4) is 0 Å². The van der Waals surface area contributed by atoms with Crippen LogP contribution in [0.2, 0.25) is 0 Å². The fraction of sp³-hybridized carbons (Fsp3) is 0.771. The first-order chi connectivity index (χ1) is 21.6. The predicted octanol–water partition coefficient (Wildman–Crippen LogP) is 6.08. The third-order valence-corrected chi connectivity index (χ3v) is 10.7. The average Bonchev–Trinajstić information content (AvgIpc) is 3.52. The number of benzene rings is 1. The number of likely N-dealkylation sites (tertiary alicyclic amines) is 1. The van der Waals surface area contributed by atoms with Gasteiger partial charge < -0.3 is 24.6 Å². The van der Waals surface area contributed by atoms with Crippen molar-refractivity contribution in [2.24, 2.45) is 17.8 Å². The lowest BCUT2D eigenvalue weighted by atomic mass is 9.90. The van der Waals surface area contributed by atoms with E-state index in [2.05, 4.69) is 22.0 Å². The summed E-state index contributed by atoms with van der Waals surface area (Å²) in [7, 11) is 0. The van der Waals surface area contributed by atoms with Crippen LogP contribution in [0.4, 0.5) is 13.6 Å². The molecule has 1 N–H and O–H groups in total. The Kier molecular flexibility index (Phi) is 11.4. The molecule has 8 nitrogen and oxygen atoms in total. The lowest BCUT2D eigenvalue weighted by Gasteiger charge is -2.39. The monoisotopic (exact) mass is 632 g/mol. The minimum Gasteiger partial charge on any atom is -0.355 e. The fourth-order valence-electron chi connectivity index (χ4n) is 8.56. The molecule has 5 atom stereocenters. The summed E-state index contributed by atoms with van der Waals surface area (Å²) in [6.45, 7) is 10.6. The van der Waals surface area contributed by atoms with Gasteiger partial charge in [-0.1, -0.05) is 43.7 Å². The van der Waals surface area contributed by atoms with Crippen molar-refractivity contribution in [2.45, 2.75) is 102 Å².